The lowest BCUT2D eigenvalue weighted by Gasteiger charge is -2.09. The van der Waals surface area contributed by atoms with Crippen molar-refractivity contribution in [2.75, 3.05) is 21.2 Å². The second-order valence-electron chi connectivity index (χ2n) is 3.62. The highest BCUT2D eigenvalue weighted by Gasteiger charge is 2.12. The molecule has 0 aromatic heterocycles. The summed E-state index contributed by atoms with van der Waals surface area (Å²) >= 11 is 0. The van der Waals surface area contributed by atoms with E-state index in [-0.39, 0.29) is 18.1 Å². The SMILES string of the molecule is COc1ccc(C(=O)CC(=O)N(C)C)cc1. The van der Waals surface area contributed by atoms with Crippen LogP contribution in [0.4, 0.5) is 0 Å². The van der Waals surface area contributed by atoms with Gasteiger partial charge in [-0.1, -0.05) is 0 Å². The van der Waals surface area contributed by atoms with Crippen LogP contribution in [-0.2, 0) is 4.79 Å². The van der Waals surface area contributed by atoms with Crippen LogP contribution in [0.25, 0.3) is 0 Å². The van der Waals surface area contributed by atoms with Crippen LogP contribution in [0, 0.1) is 0 Å². The maximum absolute atomic E-state index is 11.7. The van der Waals surface area contributed by atoms with Gasteiger partial charge in [0, 0.05) is 19.7 Å². The molecule has 1 aromatic carbocycles. The highest BCUT2D eigenvalue weighted by Crippen LogP contribution is 2.12. The molecule has 0 heterocycles. The van der Waals surface area contributed by atoms with E-state index in [2.05, 4.69) is 0 Å². The number of methoxy groups -OCH3 is 1. The molecule has 16 heavy (non-hydrogen) atoms. The molecule has 0 unspecified atom stereocenters. The third-order valence-corrected chi connectivity index (χ3v) is 2.22. The number of amides is 1. The summed E-state index contributed by atoms with van der Waals surface area (Å²) in [6, 6.07) is 6.72. The summed E-state index contributed by atoms with van der Waals surface area (Å²) in [4.78, 5) is 24.4. The Morgan fingerprint density at radius 1 is 1.19 bits per heavy atom. The van der Waals surface area contributed by atoms with Crippen LogP contribution in [-0.4, -0.2) is 37.8 Å². The van der Waals surface area contributed by atoms with E-state index < -0.39 is 0 Å². The Morgan fingerprint density at radius 3 is 2.19 bits per heavy atom. The van der Waals surface area contributed by atoms with Crippen LogP contribution in [0.1, 0.15) is 16.8 Å². The molecule has 0 atom stereocenters. The van der Waals surface area contributed by atoms with E-state index in [4.69, 9.17) is 4.74 Å². The first-order valence-electron chi connectivity index (χ1n) is 4.92. The van der Waals surface area contributed by atoms with Gasteiger partial charge in [-0.15, -0.1) is 0 Å². The molecule has 0 bridgehead atoms. The van der Waals surface area contributed by atoms with E-state index >= 15 is 0 Å². The number of carbonyl (C=O) groups is 2. The average molecular weight is 221 g/mol. The molecule has 4 nitrogen and oxygen atoms in total. The Bertz CT molecular complexity index is 382. The Hall–Kier alpha value is -1.84. The van der Waals surface area contributed by atoms with Gasteiger partial charge < -0.3 is 9.64 Å². The lowest BCUT2D eigenvalue weighted by Crippen LogP contribution is -2.24. The smallest absolute Gasteiger partial charge is 0.229 e. The highest BCUT2D eigenvalue weighted by molar-refractivity contribution is 6.07. The summed E-state index contributed by atoms with van der Waals surface area (Å²) in [6.45, 7) is 0. The molecule has 0 aliphatic carbocycles. The van der Waals surface area contributed by atoms with Crippen LogP contribution < -0.4 is 4.74 Å². The zero-order chi connectivity index (χ0) is 12.1. The monoisotopic (exact) mass is 221 g/mol. The van der Waals surface area contributed by atoms with Crippen LogP contribution in [0.5, 0.6) is 5.75 Å². The van der Waals surface area contributed by atoms with E-state index in [1.165, 1.54) is 4.90 Å². The molecule has 0 radical (unpaired) electrons. The molecule has 1 amide bonds. The van der Waals surface area contributed by atoms with Gasteiger partial charge in [0.05, 0.1) is 13.5 Å². The normalized spacial score (nSPS) is 9.69. The molecule has 0 saturated heterocycles. The van der Waals surface area contributed by atoms with Crippen molar-refractivity contribution in [2.24, 2.45) is 0 Å². The molecular formula is C12H15NO3. The molecule has 86 valence electrons. The number of nitrogens with zero attached hydrogens (tertiary/aromatic N) is 1. The van der Waals surface area contributed by atoms with E-state index in [9.17, 15) is 9.59 Å². The molecule has 0 N–H and O–H groups in total. The molecule has 0 aliphatic rings. The van der Waals surface area contributed by atoms with Crippen molar-refractivity contribution >= 4 is 11.7 Å². The van der Waals surface area contributed by atoms with E-state index in [0.29, 0.717) is 11.3 Å². The first kappa shape index (κ1) is 12.2. The van der Waals surface area contributed by atoms with Crippen molar-refractivity contribution in [3.63, 3.8) is 0 Å². The first-order chi connectivity index (χ1) is 7.54. The molecule has 1 rings (SSSR count). The van der Waals surface area contributed by atoms with E-state index in [0.717, 1.165) is 0 Å². The van der Waals surface area contributed by atoms with Crippen LogP contribution in [0.2, 0.25) is 0 Å². The average Bonchev–Trinajstić information content (AvgIpc) is 2.28. The van der Waals surface area contributed by atoms with Crippen molar-refractivity contribution in [1.82, 2.24) is 4.90 Å². The fraction of sp³-hybridized carbons (Fsp3) is 0.333. The van der Waals surface area contributed by atoms with Crippen molar-refractivity contribution in [3.8, 4) is 5.75 Å². The van der Waals surface area contributed by atoms with Gasteiger partial charge >= 0.3 is 0 Å². The lowest BCUT2D eigenvalue weighted by molar-refractivity contribution is -0.127. The fourth-order valence-corrected chi connectivity index (χ4v) is 1.17. The van der Waals surface area contributed by atoms with Gasteiger partial charge in [0.25, 0.3) is 0 Å². The number of carbonyl (C=O) groups excluding carboxylic acids is 2. The van der Waals surface area contributed by atoms with E-state index in [1.807, 2.05) is 0 Å². The van der Waals surface area contributed by atoms with Crippen LogP contribution in [0.15, 0.2) is 24.3 Å². The number of ether oxygens (including phenoxy) is 1. The second kappa shape index (κ2) is 5.30. The van der Waals surface area contributed by atoms with Gasteiger partial charge in [-0.05, 0) is 24.3 Å². The molecule has 4 heteroatoms. The zero-order valence-electron chi connectivity index (χ0n) is 9.69. The molecule has 0 spiro atoms. The van der Waals surface area contributed by atoms with Gasteiger partial charge in [0.2, 0.25) is 5.91 Å². The van der Waals surface area contributed by atoms with Crippen molar-refractivity contribution in [3.05, 3.63) is 29.8 Å². The highest BCUT2D eigenvalue weighted by atomic mass is 16.5. The Kier molecular flexibility index (Phi) is 4.05. The molecule has 1 aromatic rings. The predicted octanol–water partition coefficient (Wildman–Crippen LogP) is 1.36. The topological polar surface area (TPSA) is 46.6 Å². The summed E-state index contributed by atoms with van der Waals surface area (Å²) in [6.07, 6.45) is -0.0979. The fourth-order valence-electron chi connectivity index (χ4n) is 1.17. The van der Waals surface area contributed by atoms with Gasteiger partial charge in [-0.2, -0.15) is 0 Å². The summed E-state index contributed by atoms with van der Waals surface area (Å²) in [5.74, 6) is 0.317. The Labute approximate surface area is 94.8 Å². The number of hydrogen-bond donors (Lipinski definition) is 0. The van der Waals surface area contributed by atoms with Crippen molar-refractivity contribution < 1.29 is 14.3 Å². The van der Waals surface area contributed by atoms with Crippen molar-refractivity contribution in [1.29, 1.82) is 0 Å². The molecule has 0 fully saturated rings. The molecular weight excluding hydrogens is 206 g/mol. The van der Waals surface area contributed by atoms with Crippen LogP contribution >= 0.6 is 0 Å². The maximum atomic E-state index is 11.7. The summed E-state index contributed by atoms with van der Waals surface area (Å²) < 4.78 is 4.98. The lowest BCUT2D eigenvalue weighted by atomic mass is 10.1. The minimum Gasteiger partial charge on any atom is -0.497 e. The number of benzene rings is 1. The summed E-state index contributed by atoms with van der Waals surface area (Å²) in [5.41, 5.74) is 0.524. The predicted molar refractivity (Wildman–Crippen MR) is 60.6 cm³/mol. The zero-order valence-corrected chi connectivity index (χ0v) is 9.69. The number of Topliss-reactive ketones (excluding diaryl/α,β-unsaturated/α-hetero) is 1. The first-order valence-corrected chi connectivity index (χ1v) is 4.92. The second-order valence-corrected chi connectivity index (χ2v) is 3.62. The van der Waals surface area contributed by atoms with Gasteiger partial charge in [-0.3, -0.25) is 9.59 Å². The summed E-state index contributed by atoms with van der Waals surface area (Å²) in [5, 5.41) is 0. The molecule has 0 saturated carbocycles. The minimum absolute atomic E-state index is 0.0979. The Balaban J connectivity index is 2.70. The number of rotatable bonds is 4. The largest absolute Gasteiger partial charge is 0.497 e. The third kappa shape index (κ3) is 3.08. The molecule has 0 aliphatic heterocycles. The standard InChI is InChI=1S/C12H15NO3/c1-13(2)12(15)8-11(14)9-4-6-10(16-3)7-5-9/h4-7H,8H2,1-3H3. The maximum Gasteiger partial charge on any atom is 0.229 e. The quantitative estimate of drug-likeness (QED) is 0.569. The minimum atomic E-state index is -0.194. The van der Waals surface area contributed by atoms with E-state index in [1.54, 1.807) is 45.5 Å². The number of hydrogen-bond acceptors (Lipinski definition) is 3. The van der Waals surface area contributed by atoms with Gasteiger partial charge in [0.1, 0.15) is 5.75 Å². The Morgan fingerprint density at radius 2 is 1.75 bits per heavy atom. The van der Waals surface area contributed by atoms with Gasteiger partial charge in [-0.25, -0.2) is 0 Å². The van der Waals surface area contributed by atoms with Crippen molar-refractivity contribution in [2.45, 2.75) is 6.42 Å². The van der Waals surface area contributed by atoms with Gasteiger partial charge in [0.15, 0.2) is 5.78 Å². The van der Waals surface area contributed by atoms with Crippen LogP contribution in [0.3, 0.4) is 0 Å². The summed E-state index contributed by atoms with van der Waals surface area (Å²) in [7, 11) is 4.82. The third-order valence-electron chi connectivity index (χ3n) is 2.22. The number of ketones is 1.